The van der Waals surface area contributed by atoms with Crippen LogP contribution in [-0.4, -0.2) is 25.1 Å². The minimum Gasteiger partial charge on any atom is -0.497 e. The number of nitrogens with one attached hydrogen (secondary N) is 1. The monoisotopic (exact) mass is 389 g/mol. The van der Waals surface area contributed by atoms with Crippen LogP contribution in [0, 0.1) is 11.6 Å². The molecule has 0 aliphatic heterocycles. The smallest absolute Gasteiger partial charge is 0.311 e. The number of esters is 1. The molecule has 2 aromatic carbocycles. The molecule has 1 atom stereocenters. The number of carbonyl (C=O) groups excluding carboxylic acids is 2. The molecule has 0 saturated carbocycles. The number of anilines is 1. The number of para-hydroxylation sites is 1. The first-order chi connectivity index (χ1) is 13.4. The highest BCUT2D eigenvalue weighted by molar-refractivity contribution is 5.95. The van der Waals surface area contributed by atoms with E-state index in [-0.39, 0.29) is 6.42 Å². The van der Waals surface area contributed by atoms with Crippen LogP contribution in [0.3, 0.4) is 0 Å². The van der Waals surface area contributed by atoms with Crippen LogP contribution in [0.5, 0.6) is 5.75 Å². The molecule has 1 unspecified atom stereocenters. The Morgan fingerprint density at radius 3 is 2.57 bits per heavy atom. The van der Waals surface area contributed by atoms with Gasteiger partial charge in [-0.3, -0.25) is 9.59 Å². The number of rotatable bonds is 6. The molecule has 1 N–H and O–H groups in total. The Labute approximate surface area is 159 Å². The van der Waals surface area contributed by atoms with Gasteiger partial charge in [-0.1, -0.05) is 6.07 Å². The zero-order valence-electron chi connectivity index (χ0n) is 15.1. The maximum atomic E-state index is 13.6. The van der Waals surface area contributed by atoms with Gasteiger partial charge in [0.2, 0.25) is 0 Å². The van der Waals surface area contributed by atoms with Crippen LogP contribution in [0.4, 0.5) is 14.5 Å². The summed E-state index contributed by atoms with van der Waals surface area (Å²) >= 11 is 0. The Bertz CT molecular complexity index is 1010. The number of halogens is 2. The second kappa shape index (κ2) is 8.08. The van der Waals surface area contributed by atoms with E-state index in [4.69, 9.17) is 13.9 Å². The highest BCUT2D eigenvalue weighted by Gasteiger charge is 2.22. The molecule has 1 heterocycles. The van der Waals surface area contributed by atoms with Crippen molar-refractivity contribution in [3.05, 3.63) is 59.9 Å². The normalized spacial score (nSPS) is 11.9. The lowest BCUT2D eigenvalue weighted by Gasteiger charge is -2.14. The van der Waals surface area contributed by atoms with E-state index in [9.17, 15) is 18.4 Å². The van der Waals surface area contributed by atoms with Crippen molar-refractivity contribution in [2.24, 2.45) is 0 Å². The third-order valence-electron chi connectivity index (χ3n) is 4.09. The van der Waals surface area contributed by atoms with Crippen LogP contribution in [0.15, 0.2) is 47.1 Å². The summed E-state index contributed by atoms with van der Waals surface area (Å²) in [5.74, 6) is -2.77. The molecule has 28 heavy (non-hydrogen) atoms. The van der Waals surface area contributed by atoms with E-state index in [1.54, 1.807) is 18.2 Å². The van der Waals surface area contributed by atoms with Gasteiger partial charge in [-0.05, 0) is 31.2 Å². The Kier molecular flexibility index (Phi) is 5.58. The van der Waals surface area contributed by atoms with Crippen molar-refractivity contribution in [3.63, 3.8) is 0 Å². The number of fused-ring (bicyclic) bond motifs is 1. The second-order valence-electron chi connectivity index (χ2n) is 6.02. The van der Waals surface area contributed by atoms with Gasteiger partial charge in [0.1, 0.15) is 28.7 Å². The van der Waals surface area contributed by atoms with E-state index in [0.717, 1.165) is 12.1 Å². The molecule has 0 aliphatic carbocycles. The largest absolute Gasteiger partial charge is 0.497 e. The number of hydrogen-bond acceptors (Lipinski definition) is 5. The van der Waals surface area contributed by atoms with Gasteiger partial charge < -0.3 is 19.2 Å². The van der Waals surface area contributed by atoms with Crippen molar-refractivity contribution in [2.45, 2.75) is 19.4 Å². The van der Waals surface area contributed by atoms with Gasteiger partial charge in [-0.25, -0.2) is 8.78 Å². The van der Waals surface area contributed by atoms with E-state index in [2.05, 4.69) is 5.32 Å². The molecule has 6 nitrogen and oxygen atoms in total. The summed E-state index contributed by atoms with van der Waals surface area (Å²) in [5, 5.41) is 2.80. The predicted octanol–water partition coefficient (Wildman–Crippen LogP) is 3.83. The summed E-state index contributed by atoms with van der Waals surface area (Å²) in [7, 11) is 1.53. The maximum Gasteiger partial charge on any atom is 0.311 e. The topological polar surface area (TPSA) is 77.8 Å². The number of methoxy groups -OCH3 is 1. The minimum atomic E-state index is -1.25. The number of amides is 1. The molecular formula is C20H17F2NO5. The third kappa shape index (κ3) is 4.11. The van der Waals surface area contributed by atoms with Gasteiger partial charge >= 0.3 is 5.97 Å². The van der Waals surface area contributed by atoms with Crippen molar-refractivity contribution in [1.29, 1.82) is 0 Å². The first-order valence-electron chi connectivity index (χ1n) is 8.37. The Morgan fingerprint density at radius 2 is 1.89 bits per heavy atom. The Hall–Kier alpha value is -3.42. The third-order valence-corrected chi connectivity index (χ3v) is 4.09. The molecule has 0 radical (unpaired) electrons. The van der Waals surface area contributed by atoms with E-state index < -0.39 is 35.3 Å². The number of furan rings is 1. The van der Waals surface area contributed by atoms with Crippen LogP contribution in [0.25, 0.3) is 11.0 Å². The zero-order chi connectivity index (χ0) is 20.3. The Morgan fingerprint density at radius 1 is 1.18 bits per heavy atom. The summed E-state index contributed by atoms with van der Waals surface area (Å²) in [4.78, 5) is 24.2. The van der Waals surface area contributed by atoms with Crippen LogP contribution in [-0.2, 0) is 20.7 Å². The average Bonchev–Trinajstić information content (AvgIpc) is 3.06. The van der Waals surface area contributed by atoms with Gasteiger partial charge in [-0.15, -0.1) is 0 Å². The van der Waals surface area contributed by atoms with Crippen molar-refractivity contribution in [1.82, 2.24) is 0 Å². The molecule has 0 fully saturated rings. The van der Waals surface area contributed by atoms with E-state index in [1.807, 2.05) is 0 Å². The second-order valence-corrected chi connectivity index (χ2v) is 6.02. The van der Waals surface area contributed by atoms with Gasteiger partial charge in [0.25, 0.3) is 5.91 Å². The average molecular weight is 389 g/mol. The Balaban J connectivity index is 1.63. The minimum absolute atomic E-state index is 0.134. The highest BCUT2D eigenvalue weighted by Crippen LogP contribution is 2.26. The summed E-state index contributed by atoms with van der Waals surface area (Å²) in [6.45, 7) is 1.31. The van der Waals surface area contributed by atoms with Crippen molar-refractivity contribution in [2.75, 3.05) is 12.4 Å². The number of ether oxygens (including phenoxy) is 2. The molecule has 3 aromatic rings. The van der Waals surface area contributed by atoms with E-state index in [1.165, 1.54) is 26.4 Å². The number of benzene rings is 2. The fraction of sp³-hybridized carbons (Fsp3) is 0.200. The van der Waals surface area contributed by atoms with Crippen molar-refractivity contribution < 1.29 is 32.3 Å². The van der Waals surface area contributed by atoms with Gasteiger partial charge in [0.05, 0.1) is 19.8 Å². The molecule has 3 rings (SSSR count). The molecule has 146 valence electrons. The first kappa shape index (κ1) is 19.3. The summed E-state index contributed by atoms with van der Waals surface area (Å²) in [5.41, 5.74) is 0.531. The molecule has 1 aromatic heterocycles. The summed E-state index contributed by atoms with van der Waals surface area (Å²) in [6, 6.07) is 8.35. The predicted molar refractivity (Wildman–Crippen MR) is 97.0 cm³/mol. The number of carbonyl (C=O) groups is 2. The lowest BCUT2D eigenvalue weighted by Crippen LogP contribution is -2.31. The van der Waals surface area contributed by atoms with E-state index in [0.29, 0.717) is 22.3 Å². The molecule has 1 amide bonds. The molecule has 0 bridgehead atoms. The molecular weight excluding hydrogens is 372 g/mol. The fourth-order valence-corrected chi connectivity index (χ4v) is 2.62. The fourth-order valence-electron chi connectivity index (χ4n) is 2.62. The summed E-state index contributed by atoms with van der Waals surface area (Å²) in [6.07, 6.45) is 0.0419. The lowest BCUT2D eigenvalue weighted by atomic mass is 10.1. The van der Waals surface area contributed by atoms with E-state index >= 15 is 0 Å². The number of hydrogen-bond donors (Lipinski definition) is 1. The SMILES string of the molecule is COc1ccc2c(CC(=O)OC(C)C(=O)Nc3c(F)cccc3F)coc2c1. The van der Waals surface area contributed by atoms with Gasteiger partial charge in [-0.2, -0.15) is 0 Å². The molecule has 0 aliphatic rings. The zero-order valence-corrected chi connectivity index (χ0v) is 15.1. The molecule has 0 saturated heterocycles. The van der Waals surface area contributed by atoms with Gasteiger partial charge in [0, 0.05) is 17.0 Å². The van der Waals surface area contributed by atoms with Crippen LogP contribution in [0.1, 0.15) is 12.5 Å². The highest BCUT2D eigenvalue weighted by atomic mass is 19.1. The van der Waals surface area contributed by atoms with Gasteiger partial charge in [0.15, 0.2) is 6.10 Å². The lowest BCUT2D eigenvalue weighted by molar-refractivity contribution is -0.152. The maximum absolute atomic E-state index is 13.6. The summed E-state index contributed by atoms with van der Waals surface area (Å²) < 4.78 is 42.8. The van der Waals surface area contributed by atoms with Crippen molar-refractivity contribution >= 4 is 28.5 Å². The van der Waals surface area contributed by atoms with Crippen LogP contribution < -0.4 is 10.1 Å². The standard InChI is InChI=1S/C20H17F2NO5/c1-11(20(25)23-19-15(21)4-3-5-16(19)22)28-18(24)8-12-10-27-17-9-13(26-2)6-7-14(12)17/h3-7,9-11H,8H2,1-2H3,(H,23,25). The first-order valence-corrected chi connectivity index (χ1v) is 8.37. The molecule has 0 spiro atoms. The molecule has 8 heteroatoms. The van der Waals surface area contributed by atoms with Crippen LogP contribution >= 0.6 is 0 Å². The quantitative estimate of drug-likeness (QED) is 0.649. The van der Waals surface area contributed by atoms with Crippen LogP contribution in [0.2, 0.25) is 0 Å². The van der Waals surface area contributed by atoms with Crippen molar-refractivity contribution in [3.8, 4) is 5.75 Å².